The molecule has 0 aromatic heterocycles. The van der Waals surface area contributed by atoms with Crippen LogP contribution < -0.4 is 0 Å². The number of likely N-dealkylation sites (tertiary alicyclic amines) is 1. The van der Waals surface area contributed by atoms with Crippen molar-refractivity contribution in [1.29, 1.82) is 0 Å². The Balaban J connectivity index is 1.51. The maximum Gasteiger partial charge on any atom is 0.326 e. The molecule has 366 valence electrons. The van der Waals surface area contributed by atoms with Crippen molar-refractivity contribution >= 4 is 29.2 Å². The number of nitrogens with zero attached hydrogens (tertiary/aromatic N) is 1. The van der Waals surface area contributed by atoms with E-state index in [4.69, 9.17) is 18.9 Å². The van der Waals surface area contributed by atoms with Crippen LogP contribution in [0.15, 0.2) is 59.8 Å². The summed E-state index contributed by atoms with van der Waals surface area (Å²) in [6.45, 7) is 13.0. The molecule has 2 heterocycles. The van der Waals surface area contributed by atoms with Gasteiger partial charge in [0.05, 0.1) is 24.4 Å². The lowest BCUT2D eigenvalue weighted by atomic mass is 9.80. The smallest absolute Gasteiger partial charge is 0.326 e. The summed E-state index contributed by atoms with van der Waals surface area (Å²) in [6, 6.07) is -1.12. The molecule has 4 N–H and O–H groups in total. The number of allylic oxidation sites excluding steroid dienone is 8. The maximum atomic E-state index is 13.5. The van der Waals surface area contributed by atoms with E-state index in [1.165, 1.54) is 7.11 Å². The number of piperidine rings is 1. The van der Waals surface area contributed by atoms with Gasteiger partial charge in [0.15, 0.2) is 11.6 Å². The van der Waals surface area contributed by atoms with Gasteiger partial charge in [0.1, 0.15) is 18.2 Å². The van der Waals surface area contributed by atoms with Crippen molar-refractivity contribution in [3.05, 3.63) is 59.8 Å². The van der Waals surface area contributed by atoms with Gasteiger partial charge in [0, 0.05) is 52.0 Å². The second-order valence-corrected chi connectivity index (χ2v) is 19.0. The molecule has 0 radical (unpaired) electrons. The fourth-order valence-electron chi connectivity index (χ4n) is 9.48. The summed E-state index contributed by atoms with van der Waals surface area (Å²) in [5.74, 6) is -7.06. The van der Waals surface area contributed by atoms with E-state index in [1.54, 1.807) is 47.1 Å². The molecule has 1 saturated carbocycles. The van der Waals surface area contributed by atoms with Crippen LogP contribution in [0.4, 0.5) is 0 Å². The molecule has 2 saturated heterocycles. The highest BCUT2D eigenvalue weighted by atomic mass is 16.6. The molecule has 1 unspecified atom stereocenters. The third kappa shape index (κ3) is 16.0. The topological polar surface area (TPSA) is 206 Å². The van der Waals surface area contributed by atoms with Gasteiger partial charge in [-0.3, -0.25) is 19.2 Å². The molecule has 0 aromatic carbocycles. The SMILES string of the molecule is COC(C[C@@H]1CC[C@@H](C)[C@](O)(C(=O)C(=O)N2CCCC[C@H]2C(=O)O)O1)/C(C)=C/C=C/C=C/[C@@H](C)C[C@@H](C)C(=O)[C@H](OC)[C@H](O)/C(C)=C/[C@@H](C)C(=O)C=C[C@H](C)C[C@@H]1CC[C@@H](O)[C@H](OC)C1. The Bertz CT molecular complexity index is 1750. The van der Waals surface area contributed by atoms with E-state index in [-0.39, 0.29) is 42.5 Å². The van der Waals surface area contributed by atoms with Gasteiger partial charge in [-0.1, -0.05) is 77.2 Å². The van der Waals surface area contributed by atoms with Crippen LogP contribution >= 0.6 is 0 Å². The van der Waals surface area contributed by atoms with E-state index < -0.39 is 77.8 Å². The standard InChI is InChI=1S/C51H79NO13/c1-31(26-35(5)45(55)47(64-10)46(56)36(6)28-34(4)41(53)23-19-32(2)27-38-21-24-42(54)44(29-38)63-9)16-12-11-13-17-33(3)43(62-8)30-39-22-20-37(7)51(61,65-39)48(57)49(58)52-25-15-14-18-40(52)50(59)60/h11-13,16-17,19,23,28,31-32,34-35,37-40,42-44,46-47,54,56,61H,14-15,18,20-22,24-27,29-30H2,1-10H3,(H,59,60)/b13-11+,16-12+,23-19?,33-17+,36-28+/t31-,32+,34-,35-,37-,38+,39+,40+,42-,43?,44-,46-,47+,51-/m1/s1. The van der Waals surface area contributed by atoms with Crippen molar-refractivity contribution in [3.63, 3.8) is 0 Å². The molecule has 14 atom stereocenters. The number of aliphatic carboxylic acids is 1. The molecular formula is C51H79NO13. The summed E-state index contributed by atoms with van der Waals surface area (Å²) >= 11 is 0. The summed E-state index contributed by atoms with van der Waals surface area (Å²) < 4.78 is 22.7. The number of rotatable bonds is 24. The fourth-order valence-corrected chi connectivity index (χ4v) is 9.48. The van der Waals surface area contributed by atoms with Crippen LogP contribution in [0.3, 0.4) is 0 Å². The number of hydrogen-bond acceptors (Lipinski definition) is 12. The fraction of sp³-hybridized carbons (Fsp3) is 0.706. The summed E-state index contributed by atoms with van der Waals surface area (Å²) in [5, 5.41) is 42.4. The zero-order valence-electron chi connectivity index (χ0n) is 40.5. The van der Waals surface area contributed by atoms with Crippen LogP contribution in [0, 0.1) is 35.5 Å². The Hall–Kier alpha value is -3.63. The summed E-state index contributed by atoms with van der Waals surface area (Å²) in [5.41, 5.74) is 1.35. The molecule has 2 aliphatic heterocycles. The molecule has 1 amide bonds. The lowest BCUT2D eigenvalue weighted by Gasteiger charge is -2.42. The van der Waals surface area contributed by atoms with Crippen molar-refractivity contribution in [3.8, 4) is 0 Å². The lowest BCUT2D eigenvalue weighted by molar-refractivity contribution is -0.265. The molecular weight excluding hydrogens is 835 g/mol. The van der Waals surface area contributed by atoms with Gasteiger partial charge in [0.2, 0.25) is 5.79 Å². The number of methoxy groups -OCH3 is 3. The number of aliphatic hydroxyl groups is 3. The summed E-state index contributed by atoms with van der Waals surface area (Å²) in [7, 11) is 4.58. The number of Topliss-reactive ketones (excluding diaryl/α,β-unsaturated/α-hetero) is 2. The minimum Gasteiger partial charge on any atom is -0.480 e. The largest absolute Gasteiger partial charge is 0.480 e. The Kier molecular flexibility index (Phi) is 22.8. The maximum absolute atomic E-state index is 13.5. The second kappa shape index (κ2) is 26.6. The number of carbonyl (C=O) groups excluding carboxylic acids is 4. The van der Waals surface area contributed by atoms with Gasteiger partial charge in [-0.25, -0.2) is 4.79 Å². The molecule has 0 aromatic rings. The normalized spacial score (nSPS) is 29.3. The van der Waals surface area contributed by atoms with Gasteiger partial charge >= 0.3 is 5.97 Å². The monoisotopic (exact) mass is 914 g/mol. The average Bonchev–Trinajstić information content (AvgIpc) is 3.28. The van der Waals surface area contributed by atoms with Crippen LogP contribution in [0.1, 0.15) is 119 Å². The molecule has 0 bridgehead atoms. The van der Waals surface area contributed by atoms with E-state index in [0.29, 0.717) is 56.4 Å². The highest BCUT2D eigenvalue weighted by Crippen LogP contribution is 2.37. The van der Waals surface area contributed by atoms with Gasteiger partial charge in [-0.15, -0.1) is 0 Å². The molecule has 3 fully saturated rings. The van der Waals surface area contributed by atoms with Crippen LogP contribution in [0.2, 0.25) is 0 Å². The third-order valence-electron chi connectivity index (χ3n) is 13.7. The first-order chi connectivity index (χ1) is 30.7. The predicted molar refractivity (Wildman–Crippen MR) is 247 cm³/mol. The van der Waals surface area contributed by atoms with Gasteiger partial charge in [-0.05, 0) is 113 Å². The van der Waals surface area contributed by atoms with Crippen LogP contribution in [-0.4, -0.2) is 131 Å². The zero-order valence-corrected chi connectivity index (χ0v) is 40.5. The van der Waals surface area contributed by atoms with Crippen LogP contribution in [-0.2, 0) is 42.9 Å². The number of ketones is 3. The van der Waals surface area contributed by atoms with E-state index >= 15 is 0 Å². The lowest BCUT2D eigenvalue weighted by Crippen LogP contribution is -2.60. The van der Waals surface area contributed by atoms with Crippen LogP contribution in [0.25, 0.3) is 0 Å². The molecule has 14 heteroatoms. The van der Waals surface area contributed by atoms with Crippen molar-refractivity contribution in [2.45, 2.75) is 168 Å². The van der Waals surface area contributed by atoms with Crippen molar-refractivity contribution < 1.29 is 63.3 Å². The number of hydrogen-bond donors (Lipinski definition) is 4. The molecule has 65 heavy (non-hydrogen) atoms. The third-order valence-corrected chi connectivity index (χ3v) is 13.7. The number of carboxylic acids is 1. The second-order valence-electron chi connectivity index (χ2n) is 19.0. The van der Waals surface area contributed by atoms with Gasteiger partial charge in [-0.2, -0.15) is 0 Å². The molecule has 14 nitrogen and oxygen atoms in total. The Morgan fingerprint density at radius 2 is 1.57 bits per heavy atom. The number of carbonyl (C=O) groups is 5. The number of aliphatic hydroxyl groups excluding tert-OH is 2. The van der Waals surface area contributed by atoms with Crippen molar-refractivity contribution in [2.24, 2.45) is 35.5 Å². The minimum atomic E-state index is -2.38. The Labute approximate surface area is 387 Å². The van der Waals surface area contributed by atoms with Crippen molar-refractivity contribution in [2.75, 3.05) is 27.9 Å². The Morgan fingerprint density at radius 3 is 2.22 bits per heavy atom. The highest BCUT2D eigenvalue weighted by Gasteiger charge is 2.52. The number of amides is 1. The molecule has 1 aliphatic carbocycles. The van der Waals surface area contributed by atoms with Gasteiger partial charge in [0.25, 0.3) is 11.7 Å². The number of ether oxygens (including phenoxy) is 4. The summed E-state index contributed by atoms with van der Waals surface area (Å²) in [6.07, 6.45) is 17.4. The van der Waals surface area contributed by atoms with Gasteiger partial charge < -0.3 is 44.3 Å². The number of carboxylic acid groups (broad SMARTS) is 1. The van der Waals surface area contributed by atoms with E-state index in [9.17, 15) is 44.4 Å². The zero-order chi connectivity index (χ0) is 48.6. The Morgan fingerprint density at radius 1 is 0.862 bits per heavy atom. The van der Waals surface area contributed by atoms with Crippen molar-refractivity contribution in [1.82, 2.24) is 4.90 Å². The predicted octanol–water partition coefficient (Wildman–Crippen LogP) is 6.51. The summed E-state index contributed by atoms with van der Waals surface area (Å²) in [4.78, 5) is 66.1. The first kappa shape index (κ1) is 55.7. The van der Waals surface area contributed by atoms with E-state index in [2.05, 4.69) is 6.92 Å². The average molecular weight is 914 g/mol. The first-order valence-corrected chi connectivity index (χ1v) is 23.6. The van der Waals surface area contributed by atoms with Crippen LogP contribution in [0.5, 0.6) is 0 Å². The molecule has 3 aliphatic rings. The quantitative estimate of drug-likeness (QED) is 0.0353. The first-order valence-electron chi connectivity index (χ1n) is 23.6. The van der Waals surface area contributed by atoms with E-state index in [0.717, 1.165) is 29.7 Å². The highest BCUT2D eigenvalue weighted by molar-refractivity contribution is 6.39. The molecule has 3 rings (SSSR count). The molecule has 0 spiro atoms. The van der Waals surface area contributed by atoms with E-state index in [1.807, 2.05) is 57.2 Å². The minimum absolute atomic E-state index is 0.0173.